The zero-order valence-corrected chi connectivity index (χ0v) is 16.1. The summed E-state index contributed by atoms with van der Waals surface area (Å²) in [7, 11) is 0. The minimum atomic E-state index is -1.60. The van der Waals surface area contributed by atoms with Crippen molar-refractivity contribution in [3.05, 3.63) is 11.6 Å². The van der Waals surface area contributed by atoms with Crippen LogP contribution >= 0.6 is 0 Å². The summed E-state index contributed by atoms with van der Waals surface area (Å²) in [4.78, 5) is 37.5. The third kappa shape index (κ3) is 2.46. The Morgan fingerprint density at radius 1 is 1.19 bits per heavy atom. The van der Waals surface area contributed by atoms with Crippen LogP contribution in [0.15, 0.2) is 11.6 Å². The first kappa shape index (κ1) is 20.4. The Balaban J connectivity index is 0.00000210. The number of carbonyl (C=O) groups excluding carboxylic acids is 3. The monoisotopic (exact) mass is 378 g/mol. The zero-order chi connectivity index (χ0) is 18.9. The van der Waals surface area contributed by atoms with Crippen LogP contribution in [-0.4, -0.2) is 45.2 Å². The second kappa shape index (κ2) is 6.33. The minimum absolute atomic E-state index is 0. The summed E-state index contributed by atoms with van der Waals surface area (Å²) in [5.41, 5.74) is -1.55. The van der Waals surface area contributed by atoms with Gasteiger partial charge in [-0.15, -0.1) is 0 Å². The number of aliphatic hydroxyl groups is 2. The maximum Gasteiger partial charge on any atom is 0.190 e. The summed E-state index contributed by atoms with van der Waals surface area (Å²) in [5.74, 6) is -0.172. The molecule has 0 aliphatic heterocycles. The fourth-order valence-corrected chi connectivity index (χ4v) is 6.98. The van der Waals surface area contributed by atoms with Gasteiger partial charge in [0.2, 0.25) is 0 Å². The summed E-state index contributed by atoms with van der Waals surface area (Å²) in [6.07, 6.45) is 5.83. The molecule has 0 bridgehead atoms. The van der Waals surface area contributed by atoms with Crippen LogP contribution in [0.2, 0.25) is 0 Å². The quantitative estimate of drug-likeness (QED) is 0.746. The Kier molecular flexibility index (Phi) is 4.77. The predicted molar refractivity (Wildman–Crippen MR) is 97.8 cm³/mol. The van der Waals surface area contributed by atoms with Crippen LogP contribution in [0.1, 0.15) is 58.8 Å². The third-order valence-electron chi connectivity index (χ3n) is 8.41. The van der Waals surface area contributed by atoms with Crippen molar-refractivity contribution in [2.45, 2.75) is 64.4 Å². The Morgan fingerprint density at radius 2 is 1.89 bits per heavy atom. The number of allylic oxidation sites excluding steroid dienone is 1. The van der Waals surface area contributed by atoms with Gasteiger partial charge in [-0.2, -0.15) is 0 Å². The predicted octanol–water partition coefficient (Wildman–Crippen LogP) is 1.17. The van der Waals surface area contributed by atoms with E-state index in [0.717, 1.165) is 18.4 Å². The molecule has 0 amide bonds. The van der Waals surface area contributed by atoms with Crippen LogP contribution in [0.5, 0.6) is 0 Å². The molecule has 4 rings (SSSR count). The van der Waals surface area contributed by atoms with Crippen molar-refractivity contribution >= 4 is 17.3 Å². The van der Waals surface area contributed by atoms with E-state index in [1.807, 2.05) is 6.92 Å². The Hall–Kier alpha value is -1.37. The topological polar surface area (TPSA) is 123 Å². The van der Waals surface area contributed by atoms with Gasteiger partial charge in [-0.05, 0) is 55.4 Å². The van der Waals surface area contributed by atoms with E-state index >= 15 is 0 Å². The van der Waals surface area contributed by atoms with Crippen molar-refractivity contribution in [1.82, 2.24) is 0 Å². The van der Waals surface area contributed by atoms with Crippen LogP contribution in [0.25, 0.3) is 0 Å². The standard InChI is InChI=1S/C21H28O5.H2O/c1-19-7-5-13(23)9-12(19)3-4-14-15-6-8-21(26,17(25)11-22)20(15,2)10-16(24)18(14)19;/h9,14-15,18,22,26H,3-8,10-11H2,1-2H3;1H2/t14-,15-,18+,19-,20-,21-;/m0./s1. The van der Waals surface area contributed by atoms with E-state index in [1.165, 1.54) is 0 Å². The molecular weight excluding hydrogens is 348 g/mol. The van der Waals surface area contributed by atoms with E-state index in [1.54, 1.807) is 6.08 Å². The molecule has 0 radical (unpaired) electrons. The first-order chi connectivity index (χ1) is 12.2. The molecule has 6 heteroatoms. The Morgan fingerprint density at radius 3 is 2.56 bits per heavy atom. The highest BCUT2D eigenvalue weighted by Crippen LogP contribution is 2.66. The van der Waals surface area contributed by atoms with E-state index < -0.39 is 23.4 Å². The molecule has 0 unspecified atom stereocenters. The van der Waals surface area contributed by atoms with Gasteiger partial charge in [0, 0.05) is 24.2 Å². The van der Waals surface area contributed by atoms with E-state index in [4.69, 9.17) is 0 Å². The summed E-state index contributed by atoms with van der Waals surface area (Å²) < 4.78 is 0. The van der Waals surface area contributed by atoms with Crippen LogP contribution in [0.4, 0.5) is 0 Å². The lowest BCUT2D eigenvalue weighted by Gasteiger charge is -2.57. The zero-order valence-electron chi connectivity index (χ0n) is 16.1. The molecule has 27 heavy (non-hydrogen) atoms. The van der Waals surface area contributed by atoms with Crippen molar-refractivity contribution in [2.75, 3.05) is 6.61 Å². The molecule has 3 fully saturated rings. The van der Waals surface area contributed by atoms with Crippen LogP contribution in [-0.2, 0) is 14.4 Å². The number of hydrogen-bond acceptors (Lipinski definition) is 5. The lowest BCUT2D eigenvalue weighted by molar-refractivity contribution is -0.170. The summed E-state index contributed by atoms with van der Waals surface area (Å²) in [5, 5.41) is 20.5. The van der Waals surface area contributed by atoms with Crippen molar-refractivity contribution in [1.29, 1.82) is 0 Å². The molecule has 4 aliphatic rings. The molecule has 0 aromatic rings. The second-order valence-corrected chi connectivity index (χ2v) is 9.38. The first-order valence-corrected chi connectivity index (χ1v) is 9.80. The number of aliphatic hydroxyl groups excluding tert-OH is 1. The number of fused-ring (bicyclic) bond motifs is 5. The van der Waals surface area contributed by atoms with Gasteiger partial charge in [-0.1, -0.05) is 19.4 Å². The number of hydrogen-bond donors (Lipinski definition) is 2. The molecular formula is C21H30O6. The molecule has 4 aliphatic carbocycles. The summed E-state index contributed by atoms with van der Waals surface area (Å²) in [6.45, 7) is 3.31. The van der Waals surface area contributed by atoms with Gasteiger partial charge < -0.3 is 15.7 Å². The van der Waals surface area contributed by atoms with Gasteiger partial charge in [0.05, 0.1) is 0 Å². The van der Waals surface area contributed by atoms with Crippen LogP contribution in [0.3, 0.4) is 0 Å². The van der Waals surface area contributed by atoms with E-state index in [9.17, 15) is 24.6 Å². The normalized spacial score (nSPS) is 45.9. The average Bonchev–Trinajstić information content (AvgIpc) is 2.86. The number of ketones is 3. The minimum Gasteiger partial charge on any atom is -0.412 e. The molecule has 4 N–H and O–H groups in total. The number of carbonyl (C=O) groups is 3. The van der Waals surface area contributed by atoms with Gasteiger partial charge in [0.15, 0.2) is 11.6 Å². The van der Waals surface area contributed by atoms with Crippen LogP contribution in [0, 0.1) is 28.6 Å². The van der Waals surface area contributed by atoms with Gasteiger partial charge in [-0.3, -0.25) is 14.4 Å². The fourth-order valence-electron chi connectivity index (χ4n) is 6.98. The molecule has 0 aromatic carbocycles. The van der Waals surface area contributed by atoms with Crippen molar-refractivity contribution in [3.63, 3.8) is 0 Å². The molecule has 0 heterocycles. The highest BCUT2D eigenvalue weighted by molar-refractivity contribution is 5.94. The second-order valence-electron chi connectivity index (χ2n) is 9.38. The van der Waals surface area contributed by atoms with E-state index in [-0.39, 0.29) is 46.6 Å². The maximum atomic E-state index is 13.3. The van der Waals surface area contributed by atoms with Gasteiger partial charge in [-0.25, -0.2) is 0 Å². The smallest absolute Gasteiger partial charge is 0.190 e. The molecule has 0 saturated heterocycles. The lowest BCUT2D eigenvalue weighted by Crippen LogP contribution is -2.60. The highest BCUT2D eigenvalue weighted by atomic mass is 16.3. The largest absolute Gasteiger partial charge is 0.412 e. The van der Waals surface area contributed by atoms with E-state index in [2.05, 4.69) is 6.92 Å². The van der Waals surface area contributed by atoms with Gasteiger partial charge >= 0.3 is 0 Å². The summed E-state index contributed by atoms with van der Waals surface area (Å²) in [6, 6.07) is 0. The first-order valence-electron chi connectivity index (χ1n) is 9.80. The number of rotatable bonds is 2. The third-order valence-corrected chi connectivity index (χ3v) is 8.41. The van der Waals surface area contributed by atoms with E-state index in [0.29, 0.717) is 25.7 Å². The average molecular weight is 378 g/mol. The summed E-state index contributed by atoms with van der Waals surface area (Å²) >= 11 is 0. The highest BCUT2D eigenvalue weighted by Gasteiger charge is 2.68. The Bertz CT molecular complexity index is 726. The molecule has 150 valence electrons. The molecule has 6 nitrogen and oxygen atoms in total. The molecule has 0 spiro atoms. The molecule has 6 atom stereocenters. The fraction of sp³-hybridized carbons (Fsp3) is 0.762. The molecule has 3 saturated carbocycles. The lowest BCUT2D eigenvalue weighted by atomic mass is 9.46. The van der Waals surface area contributed by atoms with Gasteiger partial charge in [0.1, 0.15) is 18.0 Å². The maximum absolute atomic E-state index is 13.3. The van der Waals surface area contributed by atoms with Crippen molar-refractivity contribution in [3.8, 4) is 0 Å². The molecule has 0 aromatic heterocycles. The van der Waals surface area contributed by atoms with Crippen molar-refractivity contribution in [2.24, 2.45) is 28.6 Å². The number of Topliss-reactive ketones (excluding diaryl/α,β-unsaturated/α-hetero) is 2. The van der Waals surface area contributed by atoms with Gasteiger partial charge in [0.25, 0.3) is 0 Å². The Labute approximate surface area is 159 Å². The van der Waals surface area contributed by atoms with Crippen molar-refractivity contribution < 1.29 is 30.1 Å². The van der Waals surface area contributed by atoms with Crippen LogP contribution < -0.4 is 0 Å². The SMILES string of the molecule is C[C@]12CCC(=O)C=C1CC[C@@H]1[C@@H]2C(=O)C[C@@]2(C)[C@H]1CC[C@]2(O)C(=O)CO.O.